The lowest BCUT2D eigenvalue weighted by atomic mass is 9.76. The largest absolute Gasteiger partial charge is 0.495 e. The Morgan fingerprint density at radius 2 is 2.12 bits per heavy atom. The van der Waals surface area contributed by atoms with Crippen LogP contribution in [0.1, 0.15) is 25.7 Å². The molecule has 3 fully saturated rings. The number of methoxy groups -OCH3 is 1. The molecule has 0 saturated carbocycles. The Labute approximate surface area is 154 Å². The quantitative estimate of drug-likeness (QED) is 0.895. The number of likely N-dealkylation sites (tertiary alicyclic amines) is 1. The zero-order chi connectivity index (χ0) is 18.1. The van der Waals surface area contributed by atoms with Crippen LogP contribution in [0.25, 0.3) is 0 Å². The third kappa shape index (κ3) is 3.43. The van der Waals surface area contributed by atoms with Crippen LogP contribution in [0.4, 0.5) is 5.69 Å². The second-order valence-corrected chi connectivity index (χ2v) is 7.81. The van der Waals surface area contributed by atoms with Gasteiger partial charge in [0.2, 0.25) is 11.8 Å². The van der Waals surface area contributed by atoms with E-state index in [0.29, 0.717) is 48.2 Å². The third-order valence-corrected chi connectivity index (χ3v) is 6.00. The molecule has 2 bridgehead atoms. The van der Waals surface area contributed by atoms with Crippen molar-refractivity contribution in [2.24, 2.45) is 11.8 Å². The van der Waals surface area contributed by atoms with E-state index in [1.165, 1.54) is 6.42 Å². The van der Waals surface area contributed by atoms with Crippen LogP contribution >= 0.6 is 0 Å². The second-order valence-electron chi connectivity index (χ2n) is 7.81. The minimum atomic E-state index is -0.00829. The summed E-state index contributed by atoms with van der Waals surface area (Å²) in [5.74, 6) is 1.99. The first-order chi connectivity index (χ1) is 12.6. The van der Waals surface area contributed by atoms with E-state index in [0.717, 1.165) is 32.5 Å². The molecule has 6 heteroatoms. The van der Waals surface area contributed by atoms with E-state index in [1.807, 2.05) is 24.3 Å². The number of nitrogens with one attached hydrogen (secondary N) is 1. The van der Waals surface area contributed by atoms with Gasteiger partial charge in [-0.3, -0.25) is 14.5 Å². The molecule has 1 aromatic rings. The predicted octanol–water partition coefficient (Wildman–Crippen LogP) is 1.97. The number of ether oxygens (including phenoxy) is 1. The van der Waals surface area contributed by atoms with Gasteiger partial charge in [-0.05, 0) is 43.2 Å². The topological polar surface area (TPSA) is 61.9 Å². The third-order valence-electron chi connectivity index (χ3n) is 6.00. The number of carbonyl (C=O) groups excluding carboxylic acids is 2. The molecular formula is C20H27N3O3. The van der Waals surface area contributed by atoms with Crippen molar-refractivity contribution in [2.45, 2.75) is 31.7 Å². The van der Waals surface area contributed by atoms with Gasteiger partial charge in [0, 0.05) is 32.1 Å². The average molecular weight is 357 g/mol. The number of rotatable bonds is 4. The highest BCUT2D eigenvalue weighted by Gasteiger charge is 2.44. The molecule has 3 saturated heterocycles. The predicted molar refractivity (Wildman–Crippen MR) is 99.0 cm³/mol. The number of hydrogen-bond acceptors (Lipinski definition) is 4. The smallest absolute Gasteiger partial charge is 0.238 e. The highest BCUT2D eigenvalue weighted by Crippen LogP contribution is 2.37. The average Bonchev–Trinajstić information content (AvgIpc) is 2.63. The van der Waals surface area contributed by atoms with Crippen LogP contribution in [0.15, 0.2) is 24.3 Å². The lowest BCUT2D eigenvalue weighted by Crippen LogP contribution is -2.61. The molecule has 0 radical (unpaired) electrons. The number of amides is 2. The summed E-state index contributed by atoms with van der Waals surface area (Å²) in [7, 11) is 1.61. The Morgan fingerprint density at radius 3 is 2.96 bits per heavy atom. The van der Waals surface area contributed by atoms with Crippen LogP contribution < -0.4 is 10.1 Å². The van der Waals surface area contributed by atoms with Crippen molar-refractivity contribution in [1.29, 1.82) is 0 Å². The minimum absolute atomic E-state index is 0.00829. The van der Waals surface area contributed by atoms with E-state index in [-0.39, 0.29) is 5.91 Å². The fourth-order valence-electron chi connectivity index (χ4n) is 4.98. The summed E-state index contributed by atoms with van der Waals surface area (Å²) < 4.78 is 5.30. The fraction of sp³-hybridized carbons (Fsp3) is 0.600. The molecule has 4 rings (SSSR count). The Bertz CT molecular complexity index is 693. The molecule has 140 valence electrons. The first-order valence-corrected chi connectivity index (χ1v) is 9.58. The molecule has 3 aliphatic heterocycles. The number of carbonyl (C=O) groups is 2. The molecule has 1 N–H and O–H groups in total. The van der Waals surface area contributed by atoms with Crippen molar-refractivity contribution in [1.82, 2.24) is 9.80 Å². The normalized spacial score (nSPS) is 28.4. The zero-order valence-electron chi connectivity index (χ0n) is 15.3. The van der Waals surface area contributed by atoms with Crippen LogP contribution in [-0.4, -0.2) is 60.9 Å². The van der Waals surface area contributed by atoms with Gasteiger partial charge in [0.1, 0.15) is 5.75 Å². The number of para-hydroxylation sites is 2. The fourth-order valence-corrected chi connectivity index (χ4v) is 4.98. The summed E-state index contributed by atoms with van der Waals surface area (Å²) >= 11 is 0. The van der Waals surface area contributed by atoms with E-state index in [4.69, 9.17) is 4.74 Å². The molecular weight excluding hydrogens is 330 g/mol. The van der Waals surface area contributed by atoms with Crippen molar-refractivity contribution in [3.05, 3.63) is 24.3 Å². The van der Waals surface area contributed by atoms with Gasteiger partial charge in [0.15, 0.2) is 0 Å². The highest BCUT2D eigenvalue weighted by molar-refractivity contribution is 5.93. The first-order valence-electron chi connectivity index (χ1n) is 9.58. The van der Waals surface area contributed by atoms with Gasteiger partial charge in [-0.2, -0.15) is 0 Å². The van der Waals surface area contributed by atoms with Gasteiger partial charge >= 0.3 is 0 Å². The van der Waals surface area contributed by atoms with Crippen LogP contribution in [-0.2, 0) is 9.59 Å². The first kappa shape index (κ1) is 17.3. The van der Waals surface area contributed by atoms with Crippen molar-refractivity contribution < 1.29 is 14.3 Å². The molecule has 0 aliphatic carbocycles. The lowest BCUT2D eigenvalue weighted by molar-refractivity contribution is -0.145. The van der Waals surface area contributed by atoms with Crippen LogP contribution in [0.5, 0.6) is 5.75 Å². The lowest BCUT2D eigenvalue weighted by Gasteiger charge is -2.52. The summed E-state index contributed by atoms with van der Waals surface area (Å²) in [5.41, 5.74) is 0.709. The monoisotopic (exact) mass is 357 g/mol. The van der Waals surface area contributed by atoms with Crippen molar-refractivity contribution in [3.8, 4) is 5.75 Å². The summed E-state index contributed by atoms with van der Waals surface area (Å²) in [6, 6.07) is 7.85. The van der Waals surface area contributed by atoms with Gasteiger partial charge in [-0.15, -0.1) is 0 Å². The zero-order valence-corrected chi connectivity index (χ0v) is 15.3. The molecule has 0 spiro atoms. The van der Waals surface area contributed by atoms with Crippen molar-refractivity contribution in [3.63, 3.8) is 0 Å². The maximum atomic E-state index is 12.5. The molecule has 6 nitrogen and oxygen atoms in total. The molecule has 3 heterocycles. The summed E-state index contributed by atoms with van der Waals surface area (Å²) in [6.45, 7) is 3.06. The highest BCUT2D eigenvalue weighted by atomic mass is 16.5. The van der Waals surface area contributed by atoms with Crippen LogP contribution in [0.2, 0.25) is 0 Å². The Balaban J connectivity index is 1.38. The number of nitrogens with zero attached hydrogens (tertiary/aromatic N) is 2. The Kier molecular flexibility index (Phi) is 4.85. The Hall–Kier alpha value is -2.08. The standard InChI is InChI=1S/C20H27N3O3/c1-26-18-7-3-2-5-16(18)21-19(24)13-22-10-14-9-15(12-22)17-6-4-8-20(25)23(17)11-14/h2-3,5,7,14-15,17H,4,6,8-13H2,1H3,(H,21,24)/t14-,15-,17-/m1/s1. The maximum Gasteiger partial charge on any atom is 0.238 e. The summed E-state index contributed by atoms with van der Waals surface area (Å²) in [4.78, 5) is 29.1. The maximum absolute atomic E-state index is 12.5. The number of benzene rings is 1. The molecule has 2 amide bonds. The van der Waals surface area contributed by atoms with E-state index in [2.05, 4.69) is 15.1 Å². The van der Waals surface area contributed by atoms with Crippen molar-refractivity contribution >= 4 is 17.5 Å². The molecule has 0 aromatic heterocycles. The molecule has 3 aliphatic rings. The van der Waals surface area contributed by atoms with E-state index in [1.54, 1.807) is 7.11 Å². The van der Waals surface area contributed by atoms with E-state index < -0.39 is 0 Å². The van der Waals surface area contributed by atoms with Crippen LogP contribution in [0, 0.1) is 11.8 Å². The number of piperidine rings is 3. The van der Waals surface area contributed by atoms with Gasteiger partial charge in [0.05, 0.1) is 19.3 Å². The number of fused-ring (bicyclic) bond motifs is 4. The van der Waals surface area contributed by atoms with Gasteiger partial charge in [0.25, 0.3) is 0 Å². The number of anilines is 1. The molecule has 26 heavy (non-hydrogen) atoms. The van der Waals surface area contributed by atoms with Crippen LogP contribution in [0.3, 0.4) is 0 Å². The van der Waals surface area contributed by atoms with Gasteiger partial charge < -0.3 is 15.0 Å². The molecule has 3 atom stereocenters. The Morgan fingerprint density at radius 1 is 1.27 bits per heavy atom. The van der Waals surface area contributed by atoms with Gasteiger partial charge in [-0.1, -0.05) is 12.1 Å². The second kappa shape index (κ2) is 7.27. The number of hydrogen-bond donors (Lipinski definition) is 1. The SMILES string of the molecule is COc1ccccc1NC(=O)CN1C[C@H]2C[C@H](C1)[C@H]1CCCC(=O)N1C2. The summed E-state index contributed by atoms with van der Waals surface area (Å²) in [6.07, 6.45) is 4.03. The van der Waals surface area contributed by atoms with Gasteiger partial charge in [-0.25, -0.2) is 0 Å². The minimum Gasteiger partial charge on any atom is -0.495 e. The summed E-state index contributed by atoms with van der Waals surface area (Å²) in [5, 5.41) is 2.97. The molecule has 1 aromatic carbocycles. The van der Waals surface area contributed by atoms with E-state index >= 15 is 0 Å². The van der Waals surface area contributed by atoms with Crippen molar-refractivity contribution in [2.75, 3.05) is 38.6 Å². The molecule has 0 unspecified atom stereocenters. The van der Waals surface area contributed by atoms with E-state index in [9.17, 15) is 9.59 Å².